The third-order valence-corrected chi connectivity index (χ3v) is 5.69. The number of para-hydroxylation sites is 1. The number of nitrogens with zero attached hydrogens (tertiary/aromatic N) is 1. The van der Waals surface area contributed by atoms with Crippen LogP contribution in [0.25, 0.3) is 10.9 Å². The van der Waals surface area contributed by atoms with Crippen LogP contribution in [0.3, 0.4) is 0 Å². The lowest BCUT2D eigenvalue weighted by Gasteiger charge is -2.26. The summed E-state index contributed by atoms with van der Waals surface area (Å²) >= 11 is 3.40. The van der Waals surface area contributed by atoms with Crippen LogP contribution in [0.1, 0.15) is 24.1 Å². The van der Waals surface area contributed by atoms with E-state index < -0.39 is 17.7 Å². The number of hydrogen-bond acceptors (Lipinski definition) is 3. The van der Waals surface area contributed by atoms with Crippen molar-refractivity contribution in [2.24, 2.45) is 0 Å². The van der Waals surface area contributed by atoms with Crippen LogP contribution in [0, 0.1) is 0 Å². The summed E-state index contributed by atoms with van der Waals surface area (Å²) in [4.78, 5) is 29.8. The van der Waals surface area contributed by atoms with Crippen molar-refractivity contribution in [3.05, 3.63) is 81.7 Å². The number of ketones is 1. The first-order valence-corrected chi connectivity index (χ1v) is 9.82. The van der Waals surface area contributed by atoms with Gasteiger partial charge in [0.2, 0.25) is 0 Å². The van der Waals surface area contributed by atoms with Crippen molar-refractivity contribution < 1.29 is 14.7 Å². The molecule has 28 heavy (non-hydrogen) atoms. The van der Waals surface area contributed by atoms with Crippen molar-refractivity contribution in [2.45, 2.75) is 19.4 Å². The highest BCUT2D eigenvalue weighted by atomic mass is 79.9. The lowest BCUT2D eigenvalue weighted by molar-refractivity contribution is -0.129. The second kappa shape index (κ2) is 7.28. The Morgan fingerprint density at radius 2 is 1.89 bits per heavy atom. The fourth-order valence-electron chi connectivity index (χ4n) is 3.81. The third-order valence-electron chi connectivity index (χ3n) is 5.17. The van der Waals surface area contributed by atoms with Gasteiger partial charge in [0.05, 0.1) is 11.6 Å². The summed E-state index contributed by atoms with van der Waals surface area (Å²) < 4.78 is 0.906. The first-order valence-electron chi connectivity index (χ1n) is 9.03. The third kappa shape index (κ3) is 3.14. The zero-order valence-corrected chi connectivity index (χ0v) is 16.9. The van der Waals surface area contributed by atoms with Crippen LogP contribution < -0.4 is 0 Å². The average molecular weight is 439 g/mol. The Labute approximate surface area is 170 Å². The number of aliphatic hydroxyl groups is 1. The molecule has 5 nitrogen and oxygen atoms in total. The molecule has 2 N–H and O–H groups in total. The molecule has 2 heterocycles. The number of aromatic amines is 1. The molecule has 0 radical (unpaired) electrons. The summed E-state index contributed by atoms with van der Waals surface area (Å²) in [5.41, 5.74) is 3.09. The van der Waals surface area contributed by atoms with Gasteiger partial charge in [0.25, 0.3) is 5.91 Å². The predicted molar refractivity (Wildman–Crippen MR) is 111 cm³/mol. The van der Waals surface area contributed by atoms with Crippen molar-refractivity contribution >= 4 is 38.5 Å². The second-order valence-corrected chi connectivity index (χ2v) is 7.80. The van der Waals surface area contributed by atoms with E-state index in [9.17, 15) is 14.7 Å². The number of H-pyrrole nitrogens is 1. The Bertz CT molecular complexity index is 1100. The number of rotatable bonds is 5. The Morgan fingerprint density at radius 1 is 1.18 bits per heavy atom. The van der Waals surface area contributed by atoms with Gasteiger partial charge in [-0.15, -0.1) is 0 Å². The lowest BCUT2D eigenvalue weighted by atomic mass is 9.96. The number of carbonyl (C=O) groups is 2. The van der Waals surface area contributed by atoms with Gasteiger partial charge >= 0.3 is 0 Å². The van der Waals surface area contributed by atoms with Gasteiger partial charge in [-0.05, 0) is 42.7 Å². The molecule has 0 aliphatic carbocycles. The molecule has 0 spiro atoms. The van der Waals surface area contributed by atoms with Gasteiger partial charge in [0, 0.05) is 28.1 Å². The number of halogens is 1. The molecule has 1 atom stereocenters. The fraction of sp³-hybridized carbons (Fsp3) is 0.182. The van der Waals surface area contributed by atoms with Crippen molar-refractivity contribution in [1.29, 1.82) is 0 Å². The zero-order valence-electron chi connectivity index (χ0n) is 15.3. The lowest BCUT2D eigenvalue weighted by Crippen LogP contribution is -2.32. The molecular weight excluding hydrogens is 420 g/mol. The van der Waals surface area contributed by atoms with Crippen LogP contribution in [0.4, 0.5) is 0 Å². The topological polar surface area (TPSA) is 73.4 Å². The summed E-state index contributed by atoms with van der Waals surface area (Å²) in [6.45, 7) is 1.77. The molecule has 1 amide bonds. The Morgan fingerprint density at radius 3 is 2.61 bits per heavy atom. The van der Waals surface area contributed by atoms with Gasteiger partial charge in [-0.25, -0.2) is 0 Å². The minimum Gasteiger partial charge on any atom is -0.503 e. The highest BCUT2D eigenvalue weighted by molar-refractivity contribution is 9.10. The first kappa shape index (κ1) is 18.5. The highest BCUT2D eigenvalue weighted by Gasteiger charge is 2.42. The number of Topliss-reactive ketones (excluding diaryl/α,β-unsaturated/α-hetero) is 1. The molecule has 0 saturated carbocycles. The fourth-order valence-corrected chi connectivity index (χ4v) is 4.08. The maximum atomic E-state index is 12.7. The number of aromatic nitrogens is 1. The van der Waals surface area contributed by atoms with Gasteiger partial charge in [-0.2, -0.15) is 0 Å². The molecule has 0 bridgehead atoms. The van der Waals surface area contributed by atoms with E-state index in [0.29, 0.717) is 13.0 Å². The number of amides is 1. The number of aliphatic hydroxyl groups excluding tert-OH is 1. The normalized spacial score (nSPS) is 17.0. The van der Waals surface area contributed by atoms with E-state index in [0.717, 1.165) is 26.5 Å². The molecule has 142 valence electrons. The van der Waals surface area contributed by atoms with Gasteiger partial charge in [-0.3, -0.25) is 9.59 Å². The average Bonchev–Trinajstić information content (AvgIpc) is 3.20. The minimum absolute atomic E-state index is 0.159. The Balaban J connectivity index is 1.67. The van der Waals surface area contributed by atoms with Crippen LogP contribution in [0.2, 0.25) is 0 Å². The number of fused-ring (bicyclic) bond motifs is 1. The highest BCUT2D eigenvalue weighted by Crippen LogP contribution is 2.38. The summed E-state index contributed by atoms with van der Waals surface area (Å²) in [5, 5.41) is 11.5. The standard InChI is InChI=1S/C22H19BrN2O3/c1-13(26)19-20(14-6-8-16(23)9-7-14)25(22(28)21(19)27)11-10-15-12-24-18-5-3-2-4-17(15)18/h2-9,12,20,24,27H,10-11H2,1H3/t20-/m0/s1. The first-order chi connectivity index (χ1) is 13.5. The van der Waals surface area contributed by atoms with Crippen LogP contribution >= 0.6 is 15.9 Å². The predicted octanol–water partition coefficient (Wildman–Crippen LogP) is 4.46. The zero-order chi connectivity index (χ0) is 19.8. The molecule has 4 rings (SSSR count). The van der Waals surface area contributed by atoms with E-state index in [4.69, 9.17) is 0 Å². The van der Waals surface area contributed by atoms with Gasteiger partial charge in [0.1, 0.15) is 0 Å². The van der Waals surface area contributed by atoms with Gasteiger partial charge in [-0.1, -0.05) is 46.3 Å². The number of carbonyl (C=O) groups excluding carboxylic acids is 2. The van der Waals surface area contributed by atoms with Gasteiger partial charge < -0.3 is 15.0 Å². The van der Waals surface area contributed by atoms with Gasteiger partial charge in [0.15, 0.2) is 11.5 Å². The van der Waals surface area contributed by atoms with Crippen molar-refractivity contribution in [2.75, 3.05) is 6.54 Å². The molecule has 1 aliphatic rings. The Kier molecular flexibility index (Phi) is 4.81. The number of hydrogen-bond donors (Lipinski definition) is 2. The van der Waals surface area contributed by atoms with Crippen molar-refractivity contribution in [3.63, 3.8) is 0 Å². The van der Waals surface area contributed by atoms with Crippen LogP contribution in [-0.4, -0.2) is 33.2 Å². The van der Waals surface area contributed by atoms with Crippen LogP contribution in [0.5, 0.6) is 0 Å². The SMILES string of the molecule is CC(=O)C1=C(O)C(=O)N(CCc2c[nH]c3ccccc23)[C@H]1c1ccc(Br)cc1. The molecule has 0 saturated heterocycles. The maximum Gasteiger partial charge on any atom is 0.290 e. The molecule has 3 aromatic rings. The molecule has 0 unspecified atom stereocenters. The Hall–Kier alpha value is -2.86. The van der Waals surface area contributed by atoms with Crippen molar-refractivity contribution in [1.82, 2.24) is 9.88 Å². The van der Waals surface area contributed by atoms with Crippen LogP contribution in [-0.2, 0) is 16.0 Å². The summed E-state index contributed by atoms with van der Waals surface area (Å²) in [6, 6.07) is 14.9. The molecule has 6 heteroatoms. The van der Waals surface area contributed by atoms with E-state index in [-0.39, 0.29) is 11.4 Å². The maximum absolute atomic E-state index is 12.7. The monoisotopic (exact) mass is 438 g/mol. The van der Waals surface area contributed by atoms with E-state index in [1.54, 1.807) is 4.90 Å². The quantitative estimate of drug-likeness (QED) is 0.617. The number of benzene rings is 2. The molecular formula is C22H19BrN2O3. The smallest absolute Gasteiger partial charge is 0.290 e. The van der Waals surface area contributed by atoms with E-state index in [2.05, 4.69) is 20.9 Å². The minimum atomic E-state index is -0.580. The largest absolute Gasteiger partial charge is 0.503 e. The molecule has 1 aromatic heterocycles. The summed E-state index contributed by atoms with van der Waals surface area (Å²) in [7, 11) is 0. The second-order valence-electron chi connectivity index (χ2n) is 6.88. The van der Waals surface area contributed by atoms with E-state index >= 15 is 0 Å². The summed E-state index contributed by atoms with van der Waals surface area (Å²) in [6.07, 6.45) is 2.56. The number of nitrogens with one attached hydrogen (secondary N) is 1. The molecule has 1 aliphatic heterocycles. The van der Waals surface area contributed by atoms with E-state index in [1.165, 1.54) is 6.92 Å². The molecule has 0 fully saturated rings. The van der Waals surface area contributed by atoms with Crippen LogP contribution in [0.15, 0.2) is 70.5 Å². The molecule has 2 aromatic carbocycles. The summed E-state index contributed by atoms with van der Waals surface area (Å²) in [5.74, 6) is -1.24. The van der Waals surface area contributed by atoms with E-state index in [1.807, 2.05) is 54.7 Å². The van der Waals surface area contributed by atoms with Crippen molar-refractivity contribution in [3.8, 4) is 0 Å².